The zero-order valence-corrected chi connectivity index (χ0v) is 36.6. The summed E-state index contributed by atoms with van der Waals surface area (Å²) in [4.78, 5) is 25.8. The molecule has 316 valence electrons. The summed E-state index contributed by atoms with van der Waals surface area (Å²) in [7, 11) is 0. The van der Waals surface area contributed by atoms with Gasteiger partial charge in [-0.15, -0.1) is 0 Å². The van der Waals surface area contributed by atoms with Gasteiger partial charge in [0.15, 0.2) is 0 Å². The molecule has 0 aliphatic heterocycles. The molecule has 0 spiro atoms. The van der Waals surface area contributed by atoms with E-state index in [4.69, 9.17) is 9.47 Å². The second-order valence-corrected chi connectivity index (χ2v) is 18.1. The van der Waals surface area contributed by atoms with E-state index in [0.29, 0.717) is 23.0 Å². The molecule has 4 aromatic rings. The minimum atomic E-state index is -0.581. The molecular formula is C55H72O4. The Labute approximate surface area is 356 Å². The Kier molecular flexibility index (Phi) is 17.7. The molecule has 1 unspecified atom stereocenters. The minimum absolute atomic E-state index is 0.0141. The smallest absolute Gasteiger partial charge is 0.338 e. The maximum atomic E-state index is 13.0. The number of rotatable bonds is 21. The summed E-state index contributed by atoms with van der Waals surface area (Å²) in [6.45, 7) is 6.30. The van der Waals surface area contributed by atoms with Crippen molar-refractivity contribution >= 4 is 11.9 Å². The average molecular weight is 797 g/mol. The Hall–Kier alpha value is -4.18. The van der Waals surface area contributed by atoms with Gasteiger partial charge in [0.1, 0.15) is 12.7 Å². The van der Waals surface area contributed by atoms with Gasteiger partial charge >= 0.3 is 11.9 Å². The Bertz CT molecular complexity index is 1810. The molecule has 4 nitrogen and oxygen atoms in total. The molecule has 0 aromatic heterocycles. The van der Waals surface area contributed by atoms with Gasteiger partial charge in [-0.3, -0.25) is 0 Å². The molecule has 1 atom stereocenters. The first-order valence-electron chi connectivity index (χ1n) is 23.7. The number of hydrogen-bond donors (Lipinski definition) is 0. The lowest BCUT2D eigenvalue weighted by atomic mass is 9.77. The number of hydrogen-bond acceptors (Lipinski definition) is 4. The third kappa shape index (κ3) is 13.7. The van der Waals surface area contributed by atoms with Crippen molar-refractivity contribution in [3.63, 3.8) is 0 Å². The summed E-state index contributed by atoms with van der Waals surface area (Å²) in [5, 5.41) is 0. The minimum Gasteiger partial charge on any atom is -0.458 e. The molecular weight excluding hydrogens is 725 g/mol. The van der Waals surface area contributed by atoms with Crippen LogP contribution < -0.4 is 0 Å². The molecule has 6 rings (SSSR count). The monoisotopic (exact) mass is 797 g/mol. The summed E-state index contributed by atoms with van der Waals surface area (Å²) in [6.07, 6.45) is 26.7. The fourth-order valence-electron chi connectivity index (χ4n) is 9.70. The molecule has 2 aliphatic carbocycles. The van der Waals surface area contributed by atoms with Gasteiger partial charge < -0.3 is 9.47 Å². The molecule has 2 saturated carbocycles. The van der Waals surface area contributed by atoms with Crippen LogP contribution in [0.15, 0.2) is 97.1 Å². The highest BCUT2D eigenvalue weighted by molar-refractivity contribution is 5.91. The maximum Gasteiger partial charge on any atom is 0.338 e. The lowest BCUT2D eigenvalue weighted by molar-refractivity contribution is 0.00448. The Morgan fingerprint density at radius 3 is 1.22 bits per heavy atom. The zero-order chi connectivity index (χ0) is 41.2. The van der Waals surface area contributed by atoms with Crippen LogP contribution in [0.2, 0.25) is 0 Å². The fraction of sp³-hybridized carbons (Fsp3) is 0.527. The summed E-state index contributed by atoms with van der Waals surface area (Å²) >= 11 is 0. The van der Waals surface area contributed by atoms with Gasteiger partial charge in [-0.2, -0.15) is 0 Å². The van der Waals surface area contributed by atoms with E-state index in [1.165, 1.54) is 140 Å². The van der Waals surface area contributed by atoms with E-state index in [-0.39, 0.29) is 6.61 Å². The Morgan fingerprint density at radius 1 is 0.475 bits per heavy atom. The number of ether oxygens (including phenoxy) is 2. The standard InChI is InChI=1S/C55H72O4/c1-4-6-8-10-12-14-42-16-20-44(21-17-42)46-24-28-48(29-25-46)50-32-36-52(37-33-50)54(56)58-40-41(3)59-55(57)53-38-34-51(35-39-53)49-30-26-47(27-31-49)45-22-18-43(19-23-45)15-13-11-9-7-5-2/h24-39,41-45H,4-23,40H2,1-3H3. The highest BCUT2D eigenvalue weighted by Crippen LogP contribution is 2.40. The SMILES string of the molecule is CCCCCCCC1CCC(c2ccc(-c3ccc(C(=O)OCC(C)OC(=O)c4ccc(-c5ccc(C6CCC(CCCCCCC)CC6)cc5)cc4)cc3)cc2)CC1. The second kappa shape index (κ2) is 23.6. The Morgan fingerprint density at radius 2 is 0.831 bits per heavy atom. The predicted molar refractivity (Wildman–Crippen MR) is 245 cm³/mol. The lowest BCUT2D eigenvalue weighted by Crippen LogP contribution is -2.22. The predicted octanol–water partition coefficient (Wildman–Crippen LogP) is 15.7. The van der Waals surface area contributed by atoms with Crippen LogP contribution in [-0.2, 0) is 9.47 Å². The van der Waals surface area contributed by atoms with Crippen molar-refractivity contribution in [1.29, 1.82) is 0 Å². The molecule has 59 heavy (non-hydrogen) atoms. The van der Waals surface area contributed by atoms with E-state index < -0.39 is 18.0 Å². The van der Waals surface area contributed by atoms with Crippen molar-refractivity contribution in [3.8, 4) is 22.3 Å². The number of esters is 2. The van der Waals surface area contributed by atoms with Crippen LogP contribution in [0.4, 0.5) is 0 Å². The molecule has 0 saturated heterocycles. The molecule has 2 aliphatic rings. The van der Waals surface area contributed by atoms with E-state index in [2.05, 4.69) is 62.4 Å². The van der Waals surface area contributed by atoms with Crippen LogP contribution in [0.25, 0.3) is 22.3 Å². The van der Waals surface area contributed by atoms with Crippen molar-refractivity contribution in [3.05, 3.63) is 119 Å². The summed E-state index contributed by atoms with van der Waals surface area (Å²) in [5.41, 5.74) is 8.29. The first-order chi connectivity index (χ1) is 28.9. The van der Waals surface area contributed by atoms with Crippen LogP contribution in [0.3, 0.4) is 0 Å². The quantitative estimate of drug-likeness (QED) is 0.0622. The highest BCUT2D eigenvalue weighted by Gasteiger charge is 2.24. The van der Waals surface area contributed by atoms with Crippen LogP contribution in [0, 0.1) is 11.8 Å². The summed E-state index contributed by atoms with van der Waals surface area (Å²) in [5.74, 6) is 2.32. The molecule has 4 aromatic carbocycles. The van der Waals surface area contributed by atoms with Crippen LogP contribution in [0.5, 0.6) is 0 Å². The number of carbonyl (C=O) groups is 2. The Balaban J connectivity index is 0.889. The first-order valence-corrected chi connectivity index (χ1v) is 23.7. The highest BCUT2D eigenvalue weighted by atomic mass is 16.6. The second-order valence-electron chi connectivity index (χ2n) is 18.1. The number of unbranched alkanes of at least 4 members (excludes halogenated alkanes) is 8. The normalized spacial score (nSPS) is 19.8. The molecule has 0 bridgehead atoms. The van der Waals surface area contributed by atoms with Crippen LogP contribution in [-0.4, -0.2) is 24.6 Å². The molecule has 0 radical (unpaired) electrons. The molecule has 0 N–H and O–H groups in total. The molecule has 0 amide bonds. The van der Waals surface area contributed by atoms with Gasteiger partial charge in [0.2, 0.25) is 0 Å². The van der Waals surface area contributed by atoms with Gasteiger partial charge in [0.05, 0.1) is 11.1 Å². The van der Waals surface area contributed by atoms with Gasteiger partial charge in [0.25, 0.3) is 0 Å². The third-order valence-corrected chi connectivity index (χ3v) is 13.6. The van der Waals surface area contributed by atoms with Crippen LogP contribution in [0.1, 0.15) is 193 Å². The van der Waals surface area contributed by atoms with Crippen LogP contribution >= 0.6 is 0 Å². The van der Waals surface area contributed by atoms with Crippen molar-refractivity contribution in [2.75, 3.05) is 6.61 Å². The van der Waals surface area contributed by atoms with E-state index in [1.54, 1.807) is 6.92 Å². The largest absolute Gasteiger partial charge is 0.458 e. The van der Waals surface area contributed by atoms with Crippen molar-refractivity contribution in [1.82, 2.24) is 0 Å². The van der Waals surface area contributed by atoms with Gasteiger partial charge in [-0.05, 0) is 140 Å². The number of benzene rings is 4. The zero-order valence-electron chi connectivity index (χ0n) is 36.6. The van der Waals surface area contributed by atoms with E-state index in [1.807, 2.05) is 48.5 Å². The maximum absolute atomic E-state index is 13.0. The average Bonchev–Trinajstić information content (AvgIpc) is 3.29. The van der Waals surface area contributed by atoms with E-state index in [0.717, 1.165) is 34.1 Å². The molecule has 2 fully saturated rings. The first kappa shape index (κ1) is 44.4. The lowest BCUT2D eigenvalue weighted by Gasteiger charge is -2.29. The summed E-state index contributed by atoms with van der Waals surface area (Å²) in [6, 6.07) is 33.2. The topological polar surface area (TPSA) is 52.6 Å². The van der Waals surface area contributed by atoms with Crippen molar-refractivity contribution < 1.29 is 19.1 Å². The van der Waals surface area contributed by atoms with Gasteiger partial charge in [0, 0.05) is 0 Å². The van der Waals surface area contributed by atoms with Crippen molar-refractivity contribution in [2.24, 2.45) is 11.8 Å². The molecule has 0 heterocycles. The van der Waals surface area contributed by atoms with E-state index in [9.17, 15) is 9.59 Å². The van der Waals surface area contributed by atoms with Crippen molar-refractivity contribution in [2.45, 2.75) is 167 Å². The summed E-state index contributed by atoms with van der Waals surface area (Å²) < 4.78 is 11.2. The fourth-order valence-corrected chi connectivity index (χ4v) is 9.70. The van der Waals surface area contributed by atoms with E-state index >= 15 is 0 Å². The molecule has 4 heteroatoms. The van der Waals surface area contributed by atoms with Gasteiger partial charge in [-0.1, -0.05) is 164 Å². The number of carbonyl (C=O) groups excluding carboxylic acids is 2. The van der Waals surface area contributed by atoms with Gasteiger partial charge in [-0.25, -0.2) is 9.59 Å². The third-order valence-electron chi connectivity index (χ3n) is 13.6.